The highest BCUT2D eigenvalue weighted by molar-refractivity contribution is 5.92. The molecule has 114 valence electrons. The fraction of sp³-hybridized carbons (Fsp3) is 0.176. The van der Waals surface area contributed by atoms with Crippen molar-refractivity contribution in [2.45, 2.75) is 6.10 Å². The van der Waals surface area contributed by atoms with Crippen LogP contribution in [-0.4, -0.2) is 45.0 Å². The third-order valence-corrected chi connectivity index (χ3v) is 3.78. The predicted octanol–water partition coefficient (Wildman–Crippen LogP) is 1.93. The minimum atomic E-state index is -0.121. The number of para-hydroxylation sites is 1. The summed E-state index contributed by atoms with van der Waals surface area (Å²) in [5.74, 6) is 0.463. The molecule has 1 fully saturated rings. The fourth-order valence-electron chi connectivity index (χ4n) is 2.53. The maximum absolute atomic E-state index is 12.2. The number of pyridine rings is 1. The largest absolute Gasteiger partial charge is 0.471 e. The first-order valence-corrected chi connectivity index (χ1v) is 7.37. The number of likely N-dealkylation sites (tertiary alicyclic amines) is 1. The van der Waals surface area contributed by atoms with E-state index in [4.69, 9.17) is 4.74 Å². The number of aromatic nitrogens is 3. The van der Waals surface area contributed by atoms with E-state index in [1.165, 1.54) is 12.4 Å². The molecule has 2 aromatic heterocycles. The first-order valence-electron chi connectivity index (χ1n) is 7.37. The molecule has 1 amide bonds. The monoisotopic (exact) mass is 306 g/mol. The molecular formula is C17H14N4O2. The van der Waals surface area contributed by atoms with Gasteiger partial charge in [-0.3, -0.25) is 9.78 Å². The van der Waals surface area contributed by atoms with Crippen LogP contribution in [-0.2, 0) is 0 Å². The zero-order valence-electron chi connectivity index (χ0n) is 12.3. The number of hydrogen-bond donors (Lipinski definition) is 0. The van der Waals surface area contributed by atoms with Crippen molar-refractivity contribution in [2.24, 2.45) is 0 Å². The summed E-state index contributed by atoms with van der Waals surface area (Å²) in [6.45, 7) is 1.06. The number of ether oxygens (including phenoxy) is 1. The van der Waals surface area contributed by atoms with Crippen molar-refractivity contribution in [3.05, 3.63) is 60.7 Å². The molecule has 6 heteroatoms. The van der Waals surface area contributed by atoms with Crippen molar-refractivity contribution in [3.63, 3.8) is 0 Å². The molecule has 1 saturated heterocycles. The molecule has 23 heavy (non-hydrogen) atoms. The smallest absolute Gasteiger partial charge is 0.274 e. The number of fused-ring (bicyclic) bond motifs is 1. The summed E-state index contributed by atoms with van der Waals surface area (Å²) in [7, 11) is 0. The van der Waals surface area contributed by atoms with Crippen LogP contribution in [0.1, 0.15) is 10.5 Å². The van der Waals surface area contributed by atoms with Crippen molar-refractivity contribution < 1.29 is 9.53 Å². The van der Waals surface area contributed by atoms with E-state index >= 15 is 0 Å². The average molecular weight is 306 g/mol. The van der Waals surface area contributed by atoms with Crippen LogP contribution in [0, 0.1) is 0 Å². The summed E-state index contributed by atoms with van der Waals surface area (Å²) < 4.78 is 5.83. The second-order valence-electron chi connectivity index (χ2n) is 5.38. The van der Waals surface area contributed by atoms with Crippen molar-refractivity contribution >= 4 is 16.8 Å². The van der Waals surface area contributed by atoms with E-state index in [1.54, 1.807) is 11.1 Å². The summed E-state index contributed by atoms with van der Waals surface area (Å²) in [6, 6.07) is 11.7. The number of rotatable bonds is 3. The van der Waals surface area contributed by atoms with Crippen LogP contribution in [0.2, 0.25) is 0 Å². The molecule has 1 aliphatic heterocycles. The molecule has 0 bridgehead atoms. The maximum atomic E-state index is 12.2. The minimum Gasteiger partial charge on any atom is -0.471 e. The molecule has 0 spiro atoms. The number of amides is 1. The van der Waals surface area contributed by atoms with E-state index in [0.717, 1.165) is 10.9 Å². The topological polar surface area (TPSA) is 68.2 Å². The van der Waals surface area contributed by atoms with E-state index in [1.807, 2.05) is 36.4 Å². The predicted molar refractivity (Wildman–Crippen MR) is 84.1 cm³/mol. The van der Waals surface area contributed by atoms with E-state index in [2.05, 4.69) is 15.0 Å². The number of carbonyl (C=O) groups is 1. The highest BCUT2D eigenvalue weighted by atomic mass is 16.5. The molecule has 3 heterocycles. The second kappa shape index (κ2) is 5.64. The summed E-state index contributed by atoms with van der Waals surface area (Å²) >= 11 is 0. The van der Waals surface area contributed by atoms with Gasteiger partial charge in [0, 0.05) is 23.8 Å². The van der Waals surface area contributed by atoms with Gasteiger partial charge in [-0.25, -0.2) is 9.97 Å². The molecule has 1 aliphatic rings. The molecule has 0 radical (unpaired) electrons. The van der Waals surface area contributed by atoms with Gasteiger partial charge in [0.25, 0.3) is 5.91 Å². The maximum Gasteiger partial charge on any atom is 0.274 e. The molecule has 0 atom stereocenters. The molecule has 3 aromatic rings. The van der Waals surface area contributed by atoms with Gasteiger partial charge < -0.3 is 9.64 Å². The number of hydrogen-bond acceptors (Lipinski definition) is 5. The normalized spacial score (nSPS) is 14.5. The van der Waals surface area contributed by atoms with Crippen LogP contribution in [0.5, 0.6) is 5.88 Å². The zero-order valence-corrected chi connectivity index (χ0v) is 12.3. The summed E-state index contributed by atoms with van der Waals surface area (Å²) in [5.41, 5.74) is 1.26. The molecule has 6 nitrogen and oxygen atoms in total. The molecule has 1 aromatic carbocycles. The molecule has 0 saturated carbocycles. The van der Waals surface area contributed by atoms with Crippen LogP contribution < -0.4 is 4.74 Å². The first kappa shape index (κ1) is 13.6. The van der Waals surface area contributed by atoms with Crippen molar-refractivity contribution in [1.82, 2.24) is 19.9 Å². The van der Waals surface area contributed by atoms with Gasteiger partial charge in [-0.1, -0.05) is 18.2 Å². The summed E-state index contributed by atoms with van der Waals surface area (Å²) in [5, 5.41) is 1.08. The van der Waals surface area contributed by atoms with Crippen molar-refractivity contribution in [1.29, 1.82) is 0 Å². The fourth-order valence-corrected chi connectivity index (χ4v) is 2.53. The molecule has 0 N–H and O–H groups in total. The Bertz CT molecular complexity index is 847. The first-order chi connectivity index (χ1) is 11.3. The lowest BCUT2D eigenvalue weighted by Crippen LogP contribution is -2.56. The van der Waals surface area contributed by atoms with Crippen molar-refractivity contribution in [3.8, 4) is 5.88 Å². The quantitative estimate of drug-likeness (QED) is 0.739. The Morgan fingerprint density at radius 2 is 2.00 bits per heavy atom. The summed E-state index contributed by atoms with van der Waals surface area (Å²) in [6.07, 6.45) is 4.50. The van der Waals surface area contributed by atoms with Crippen LogP contribution >= 0.6 is 0 Å². The Hall–Kier alpha value is -3.02. The zero-order chi connectivity index (χ0) is 15.6. The molecule has 4 rings (SSSR count). The van der Waals surface area contributed by atoms with Gasteiger partial charge in [0.2, 0.25) is 5.88 Å². The number of benzene rings is 1. The van der Waals surface area contributed by atoms with Crippen LogP contribution in [0.25, 0.3) is 10.9 Å². The van der Waals surface area contributed by atoms with E-state index in [-0.39, 0.29) is 12.0 Å². The Kier molecular flexibility index (Phi) is 3.34. The van der Waals surface area contributed by atoms with Gasteiger partial charge in [-0.15, -0.1) is 0 Å². The van der Waals surface area contributed by atoms with Gasteiger partial charge in [-0.05, 0) is 12.1 Å². The summed E-state index contributed by atoms with van der Waals surface area (Å²) in [4.78, 5) is 26.2. The van der Waals surface area contributed by atoms with Gasteiger partial charge in [-0.2, -0.15) is 0 Å². The highest BCUT2D eigenvalue weighted by Gasteiger charge is 2.33. The van der Waals surface area contributed by atoms with Crippen LogP contribution in [0.3, 0.4) is 0 Å². The lowest BCUT2D eigenvalue weighted by Gasteiger charge is -2.38. The van der Waals surface area contributed by atoms with Gasteiger partial charge in [0.15, 0.2) is 0 Å². The lowest BCUT2D eigenvalue weighted by atomic mass is 10.1. The molecular weight excluding hydrogens is 292 g/mol. The minimum absolute atomic E-state index is 0.0377. The third kappa shape index (κ3) is 2.70. The standard InChI is InChI=1S/C17H14N4O2/c22-17(15-9-18-7-8-19-15)21-10-13(11-21)23-16-6-5-12-3-1-2-4-14(12)20-16/h1-9,13H,10-11H2. The van der Waals surface area contributed by atoms with Crippen molar-refractivity contribution in [2.75, 3.05) is 13.1 Å². The van der Waals surface area contributed by atoms with Crippen LogP contribution in [0.15, 0.2) is 55.0 Å². The lowest BCUT2D eigenvalue weighted by molar-refractivity contribution is 0.0157. The number of nitrogens with zero attached hydrogens (tertiary/aromatic N) is 4. The van der Waals surface area contributed by atoms with E-state index in [9.17, 15) is 4.79 Å². The Morgan fingerprint density at radius 1 is 1.13 bits per heavy atom. The Balaban J connectivity index is 1.39. The Morgan fingerprint density at radius 3 is 2.83 bits per heavy atom. The van der Waals surface area contributed by atoms with Gasteiger partial charge >= 0.3 is 0 Å². The van der Waals surface area contributed by atoms with Gasteiger partial charge in [0.1, 0.15) is 11.8 Å². The third-order valence-electron chi connectivity index (χ3n) is 3.78. The highest BCUT2D eigenvalue weighted by Crippen LogP contribution is 2.20. The SMILES string of the molecule is O=C(c1cnccn1)N1CC(Oc2ccc3ccccc3n2)C1. The van der Waals surface area contributed by atoms with Crippen LogP contribution in [0.4, 0.5) is 0 Å². The Labute approximate surface area is 132 Å². The van der Waals surface area contributed by atoms with E-state index in [0.29, 0.717) is 24.7 Å². The van der Waals surface area contributed by atoms with Gasteiger partial charge in [0.05, 0.1) is 24.8 Å². The molecule has 0 unspecified atom stereocenters. The molecule has 0 aliphatic carbocycles. The van der Waals surface area contributed by atoms with E-state index < -0.39 is 0 Å². The second-order valence-corrected chi connectivity index (χ2v) is 5.38. The number of carbonyl (C=O) groups excluding carboxylic acids is 1. The average Bonchev–Trinajstić information content (AvgIpc) is 2.58.